The molecule has 1 aliphatic rings. The summed E-state index contributed by atoms with van der Waals surface area (Å²) in [4.78, 5) is 22.8. The van der Waals surface area contributed by atoms with Gasteiger partial charge in [0.1, 0.15) is 42.7 Å². The number of aliphatic hydroxyl groups excluding tert-OH is 7. The average Bonchev–Trinajstić information content (AvgIpc) is 2.66. The lowest BCUT2D eigenvalue weighted by Crippen LogP contribution is -2.63. The molecule has 1 heterocycles. The Morgan fingerprint density at radius 3 is 1.97 bits per heavy atom. The minimum atomic E-state index is -1.96. The number of carbonyl (C=O) groups excluding carboxylic acids is 1. The molecule has 9 atom stereocenters. The second kappa shape index (κ2) is 10.9. The van der Waals surface area contributed by atoms with Gasteiger partial charge < -0.3 is 40.5 Å². The molecule has 0 saturated carbocycles. The van der Waals surface area contributed by atoms with Crippen molar-refractivity contribution in [2.75, 3.05) is 13.2 Å². The molecule has 184 valence electrons. The van der Waals surface area contributed by atoms with E-state index in [1.54, 1.807) is 20.8 Å². The topological polar surface area (TPSA) is 186 Å². The van der Waals surface area contributed by atoms with Gasteiger partial charge in [-0.2, -0.15) is 0 Å². The number of hydrogen-bond acceptors (Lipinski definition) is 11. The molecule has 1 rings (SSSR count). The van der Waals surface area contributed by atoms with Gasteiger partial charge in [-0.25, -0.2) is 9.78 Å². The summed E-state index contributed by atoms with van der Waals surface area (Å²) in [5.74, 6) is -0.737. The van der Waals surface area contributed by atoms with Gasteiger partial charge in [0, 0.05) is 5.41 Å². The second-order valence-corrected chi connectivity index (χ2v) is 10.0. The second-order valence-electron chi connectivity index (χ2n) is 10.0. The van der Waals surface area contributed by atoms with Gasteiger partial charge in [-0.3, -0.25) is 4.79 Å². The molecule has 0 aromatic carbocycles. The maximum Gasteiger partial charge on any atom is 0.169 e. The van der Waals surface area contributed by atoms with E-state index in [0.29, 0.717) is 0 Å². The Kier molecular flexibility index (Phi) is 9.98. The third-order valence-electron chi connectivity index (χ3n) is 5.23. The molecule has 7 N–H and O–H groups in total. The van der Waals surface area contributed by atoms with Crippen LogP contribution in [0.1, 0.15) is 41.5 Å². The lowest BCUT2D eigenvalue weighted by atomic mass is 9.80. The largest absolute Gasteiger partial charge is 0.394 e. The van der Waals surface area contributed by atoms with Crippen LogP contribution in [0.3, 0.4) is 0 Å². The maximum atomic E-state index is 12.5. The van der Waals surface area contributed by atoms with Crippen LogP contribution in [0.25, 0.3) is 0 Å². The van der Waals surface area contributed by atoms with Crippen LogP contribution in [0.4, 0.5) is 0 Å². The maximum absolute atomic E-state index is 12.5. The van der Waals surface area contributed by atoms with Crippen molar-refractivity contribution in [1.29, 1.82) is 0 Å². The number of hydrogen-bond donors (Lipinski definition) is 7. The fourth-order valence-corrected chi connectivity index (χ4v) is 3.26. The first-order chi connectivity index (χ1) is 14.1. The summed E-state index contributed by atoms with van der Waals surface area (Å²) >= 11 is 0. The van der Waals surface area contributed by atoms with Crippen LogP contribution in [0.5, 0.6) is 0 Å². The summed E-state index contributed by atoms with van der Waals surface area (Å²) in [5, 5.41) is 70.3. The van der Waals surface area contributed by atoms with Crippen molar-refractivity contribution < 1.29 is 55.1 Å². The minimum absolute atomic E-state index is 0.583. The van der Waals surface area contributed by atoms with Crippen LogP contribution < -0.4 is 0 Å². The molecule has 1 fully saturated rings. The van der Waals surface area contributed by atoms with E-state index < -0.39 is 84.8 Å². The SMILES string of the molecule is CC(C)(C)C(=O)C(O)C(OOC1C(O)C(CO)OC(C(C)(C)C)C1O)C(O)C(O)CO. The molecule has 0 aromatic heterocycles. The molecule has 0 bridgehead atoms. The zero-order chi connectivity index (χ0) is 24.3. The Labute approximate surface area is 182 Å². The molecule has 9 unspecified atom stereocenters. The Morgan fingerprint density at radius 2 is 1.55 bits per heavy atom. The van der Waals surface area contributed by atoms with Crippen LogP contribution in [-0.2, 0) is 19.3 Å². The monoisotopic (exact) mass is 454 g/mol. The van der Waals surface area contributed by atoms with E-state index in [1.807, 2.05) is 0 Å². The van der Waals surface area contributed by atoms with E-state index >= 15 is 0 Å². The molecule has 1 aliphatic heterocycles. The van der Waals surface area contributed by atoms with Crippen molar-refractivity contribution in [3.8, 4) is 0 Å². The minimum Gasteiger partial charge on any atom is -0.394 e. The molecule has 11 heteroatoms. The normalized spacial score (nSPS) is 31.7. The Morgan fingerprint density at radius 1 is 1.00 bits per heavy atom. The Hall–Kier alpha value is -0.730. The lowest BCUT2D eigenvalue weighted by molar-refractivity contribution is -0.416. The summed E-state index contributed by atoms with van der Waals surface area (Å²) in [7, 11) is 0. The molecule has 0 aliphatic carbocycles. The van der Waals surface area contributed by atoms with Crippen LogP contribution in [-0.4, -0.2) is 110 Å². The molecule has 0 aromatic rings. The highest BCUT2D eigenvalue weighted by Crippen LogP contribution is 2.34. The quantitative estimate of drug-likeness (QED) is 0.149. The molecule has 0 radical (unpaired) electrons. The molecule has 0 spiro atoms. The van der Waals surface area contributed by atoms with E-state index in [4.69, 9.17) is 19.6 Å². The molecule has 0 amide bonds. The predicted octanol–water partition coefficient (Wildman–Crippen LogP) is -2.11. The van der Waals surface area contributed by atoms with Gasteiger partial charge in [-0.1, -0.05) is 41.5 Å². The lowest BCUT2D eigenvalue weighted by Gasteiger charge is -2.46. The van der Waals surface area contributed by atoms with E-state index in [0.717, 1.165) is 0 Å². The number of aliphatic hydroxyl groups is 7. The third kappa shape index (κ3) is 6.87. The Bertz CT molecular complexity index is 570. The van der Waals surface area contributed by atoms with E-state index in [1.165, 1.54) is 20.8 Å². The number of ether oxygens (including phenoxy) is 1. The fraction of sp³-hybridized carbons (Fsp3) is 0.950. The molecule has 31 heavy (non-hydrogen) atoms. The van der Waals surface area contributed by atoms with Crippen molar-refractivity contribution in [3.05, 3.63) is 0 Å². The Balaban J connectivity index is 3.14. The first-order valence-electron chi connectivity index (χ1n) is 10.2. The van der Waals surface area contributed by atoms with E-state index in [2.05, 4.69) is 0 Å². The highest BCUT2D eigenvalue weighted by molar-refractivity contribution is 5.88. The zero-order valence-electron chi connectivity index (χ0n) is 18.9. The predicted molar refractivity (Wildman–Crippen MR) is 107 cm³/mol. The van der Waals surface area contributed by atoms with Gasteiger partial charge in [-0.15, -0.1) is 0 Å². The smallest absolute Gasteiger partial charge is 0.169 e. The van der Waals surface area contributed by atoms with Gasteiger partial charge >= 0.3 is 0 Å². The van der Waals surface area contributed by atoms with Crippen LogP contribution in [0, 0.1) is 10.8 Å². The van der Waals surface area contributed by atoms with Crippen molar-refractivity contribution >= 4 is 5.78 Å². The van der Waals surface area contributed by atoms with Crippen molar-refractivity contribution in [2.24, 2.45) is 10.8 Å². The summed E-state index contributed by atoms with van der Waals surface area (Å²) in [5.41, 5.74) is -1.66. The summed E-state index contributed by atoms with van der Waals surface area (Å²) in [6.07, 6.45) is -14.0. The summed E-state index contributed by atoms with van der Waals surface area (Å²) in [6.45, 7) is 8.40. The van der Waals surface area contributed by atoms with E-state index in [-0.39, 0.29) is 0 Å². The van der Waals surface area contributed by atoms with Gasteiger partial charge in [0.25, 0.3) is 0 Å². The first kappa shape index (κ1) is 28.3. The fourth-order valence-electron chi connectivity index (χ4n) is 3.26. The van der Waals surface area contributed by atoms with E-state index in [9.17, 15) is 35.4 Å². The summed E-state index contributed by atoms with van der Waals surface area (Å²) < 4.78 is 5.58. The number of Topliss-reactive ketones (excluding diaryl/α,β-unsaturated/α-hetero) is 1. The van der Waals surface area contributed by atoms with Crippen molar-refractivity contribution in [3.63, 3.8) is 0 Å². The number of carbonyl (C=O) groups is 1. The van der Waals surface area contributed by atoms with Crippen molar-refractivity contribution in [2.45, 2.75) is 96.5 Å². The van der Waals surface area contributed by atoms with Gasteiger partial charge in [0.05, 0.1) is 19.3 Å². The highest BCUT2D eigenvalue weighted by Gasteiger charge is 2.50. The standard InChI is InChI=1S/C20H38O11/c1-19(2,3)17(28)13(26)15(11(24)9(23)7-21)30-31-16-12(25)10(8-22)29-18(14(16)27)20(4,5)6/h9-16,18,21-27H,7-8H2,1-6H3. The van der Waals surface area contributed by atoms with Gasteiger partial charge in [-0.05, 0) is 5.41 Å². The number of ketones is 1. The number of rotatable bonds is 9. The molecular weight excluding hydrogens is 416 g/mol. The zero-order valence-corrected chi connectivity index (χ0v) is 18.9. The molecule has 11 nitrogen and oxygen atoms in total. The summed E-state index contributed by atoms with van der Waals surface area (Å²) in [6, 6.07) is 0. The van der Waals surface area contributed by atoms with Crippen LogP contribution in [0.15, 0.2) is 0 Å². The van der Waals surface area contributed by atoms with Crippen LogP contribution >= 0.6 is 0 Å². The molecular formula is C20H38O11. The highest BCUT2D eigenvalue weighted by atomic mass is 17.2. The van der Waals surface area contributed by atoms with Gasteiger partial charge in [0.2, 0.25) is 0 Å². The van der Waals surface area contributed by atoms with Crippen molar-refractivity contribution in [1.82, 2.24) is 0 Å². The van der Waals surface area contributed by atoms with Crippen LogP contribution in [0.2, 0.25) is 0 Å². The first-order valence-corrected chi connectivity index (χ1v) is 10.2. The molecule has 1 saturated heterocycles. The third-order valence-corrected chi connectivity index (χ3v) is 5.23. The van der Waals surface area contributed by atoms with Gasteiger partial charge in [0.15, 0.2) is 11.9 Å². The average molecular weight is 455 g/mol.